The summed E-state index contributed by atoms with van der Waals surface area (Å²) in [7, 11) is 0. The Morgan fingerprint density at radius 1 is 1.15 bits per heavy atom. The number of primary amides is 1. The first kappa shape index (κ1) is 13.9. The summed E-state index contributed by atoms with van der Waals surface area (Å²) >= 11 is 0. The van der Waals surface area contributed by atoms with Gasteiger partial charge in [-0.2, -0.15) is 0 Å². The first-order valence-electron chi connectivity index (χ1n) is 6.16. The molecule has 1 amide bonds. The van der Waals surface area contributed by atoms with Gasteiger partial charge >= 0.3 is 5.97 Å². The monoisotopic (exact) mass is 273 g/mol. The number of amides is 1. The van der Waals surface area contributed by atoms with E-state index < -0.39 is 18.0 Å². The van der Waals surface area contributed by atoms with Crippen molar-refractivity contribution in [2.75, 3.05) is 6.61 Å². The van der Waals surface area contributed by atoms with Crippen LogP contribution >= 0.6 is 0 Å². The van der Waals surface area contributed by atoms with E-state index in [0.29, 0.717) is 5.75 Å². The van der Waals surface area contributed by atoms with Gasteiger partial charge in [0.05, 0.1) is 0 Å². The molecule has 0 aromatic heterocycles. The Morgan fingerprint density at radius 3 is 2.55 bits per heavy atom. The smallest absolute Gasteiger partial charge is 0.344 e. The molecule has 1 atom stereocenters. The van der Waals surface area contributed by atoms with Crippen molar-refractivity contribution < 1.29 is 19.1 Å². The largest absolute Gasteiger partial charge is 0.482 e. The molecule has 0 aliphatic heterocycles. The Morgan fingerprint density at radius 2 is 1.85 bits per heavy atom. The molecule has 5 heteroatoms. The highest BCUT2D eigenvalue weighted by Crippen LogP contribution is 2.20. The van der Waals surface area contributed by atoms with Crippen molar-refractivity contribution in [3.8, 4) is 5.75 Å². The summed E-state index contributed by atoms with van der Waals surface area (Å²) in [4.78, 5) is 22.2. The number of rotatable bonds is 5. The van der Waals surface area contributed by atoms with Crippen molar-refractivity contribution >= 4 is 22.6 Å². The quantitative estimate of drug-likeness (QED) is 0.840. The molecule has 0 heterocycles. The molecule has 0 spiro atoms. The van der Waals surface area contributed by atoms with Crippen molar-refractivity contribution in [3.05, 3.63) is 42.5 Å². The number of nitrogens with two attached hydrogens (primary N) is 1. The van der Waals surface area contributed by atoms with Crippen LogP contribution in [-0.2, 0) is 14.3 Å². The highest BCUT2D eigenvalue weighted by atomic mass is 16.6. The van der Waals surface area contributed by atoms with Crippen molar-refractivity contribution in [2.24, 2.45) is 5.73 Å². The third kappa shape index (κ3) is 3.47. The molecule has 0 unspecified atom stereocenters. The first-order valence-corrected chi connectivity index (χ1v) is 6.16. The summed E-state index contributed by atoms with van der Waals surface area (Å²) in [6, 6.07) is 13.3. The zero-order valence-electron chi connectivity index (χ0n) is 11.0. The van der Waals surface area contributed by atoms with Crippen molar-refractivity contribution in [1.82, 2.24) is 0 Å². The van der Waals surface area contributed by atoms with Crippen LogP contribution in [0.1, 0.15) is 6.92 Å². The number of carbonyl (C=O) groups excluding carboxylic acids is 2. The van der Waals surface area contributed by atoms with Gasteiger partial charge in [-0.15, -0.1) is 0 Å². The minimum Gasteiger partial charge on any atom is -0.482 e. The molecule has 0 saturated carbocycles. The maximum atomic E-state index is 11.4. The topological polar surface area (TPSA) is 78.6 Å². The molecule has 0 saturated heterocycles. The Hall–Kier alpha value is -2.56. The summed E-state index contributed by atoms with van der Waals surface area (Å²) in [6.07, 6.45) is -0.956. The van der Waals surface area contributed by atoms with Gasteiger partial charge in [0.1, 0.15) is 5.75 Å². The highest BCUT2D eigenvalue weighted by molar-refractivity contribution is 5.84. The van der Waals surface area contributed by atoms with Gasteiger partial charge < -0.3 is 15.2 Å². The molecule has 104 valence electrons. The number of ether oxygens (including phenoxy) is 2. The average Bonchev–Trinajstić information content (AvgIpc) is 2.44. The second kappa shape index (κ2) is 6.06. The van der Waals surface area contributed by atoms with Crippen molar-refractivity contribution in [3.63, 3.8) is 0 Å². The van der Waals surface area contributed by atoms with Crippen LogP contribution in [0.5, 0.6) is 5.75 Å². The number of esters is 1. The molecule has 2 rings (SSSR count). The minimum atomic E-state index is -0.956. The molecule has 0 radical (unpaired) electrons. The van der Waals surface area contributed by atoms with Crippen LogP contribution in [0.2, 0.25) is 0 Å². The van der Waals surface area contributed by atoms with Gasteiger partial charge in [0.25, 0.3) is 5.91 Å². The van der Waals surface area contributed by atoms with Gasteiger partial charge in [0.15, 0.2) is 12.7 Å². The van der Waals surface area contributed by atoms with E-state index >= 15 is 0 Å². The van der Waals surface area contributed by atoms with Crippen LogP contribution in [-0.4, -0.2) is 24.6 Å². The summed E-state index contributed by atoms with van der Waals surface area (Å²) < 4.78 is 10.1. The standard InChI is InChI=1S/C15H15NO4/c1-10(15(16)18)20-14(17)9-19-13-7-6-11-4-2-3-5-12(11)8-13/h2-8,10H,9H2,1H3,(H2,16,18)/t10-/m0/s1. The molecule has 5 nitrogen and oxygen atoms in total. The van der Waals surface area contributed by atoms with Crippen molar-refractivity contribution in [2.45, 2.75) is 13.0 Å². The summed E-state index contributed by atoms with van der Waals surface area (Å²) in [5.41, 5.74) is 5.00. The Labute approximate surface area is 116 Å². The predicted octanol–water partition coefficient (Wildman–Crippen LogP) is 1.64. The van der Waals surface area contributed by atoms with Gasteiger partial charge in [-0.3, -0.25) is 4.79 Å². The van der Waals surface area contributed by atoms with E-state index in [1.165, 1.54) is 6.92 Å². The summed E-state index contributed by atoms with van der Waals surface area (Å²) in [6.45, 7) is 1.15. The van der Waals surface area contributed by atoms with E-state index in [-0.39, 0.29) is 6.61 Å². The normalized spacial score (nSPS) is 11.8. The van der Waals surface area contributed by atoms with Crippen LogP contribution in [0.25, 0.3) is 10.8 Å². The van der Waals surface area contributed by atoms with Gasteiger partial charge in [-0.25, -0.2) is 4.79 Å². The average molecular weight is 273 g/mol. The zero-order chi connectivity index (χ0) is 14.5. The number of hydrogen-bond donors (Lipinski definition) is 1. The third-order valence-electron chi connectivity index (χ3n) is 2.79. The Kier molecular flexibility index (Phi) is 4.20. The van der Waals surface area contributed by atoms with E-state index in [9.17, 15) is 9.59 Å². The maximum Gasteiger partial charge on any atom is 0.344 e. The molecule has 0 fully saturated rings. The number of carbonyl (C=O) groups is 2. The second-order valence-electron chi connectivity index (χ2n) is 4.33. The fourth-order valence-electron chi connectivity index (χ4n) is 1.69. The van der Waals surface area contributed by atoms with Crippen LogP contribution in [0, 0.1) is 0 Å². The van der Waals surface area contributed by atoms with Crippen molar-refractivity contribution in [1.29, 1.82) is 0 Å². The highest BCUT2D eigenvalue weighted by Gasteiger charge is 2.14. The lowest BCUT2D eigenvalue weighted by molar-refractivity contribution is -0.155. The van der Waals surface area contributed by atoms with Gasteiger partial charge in [0, 0.05) is 0 Å². The van der Waals surface area contributed by atoms with Crippen LogP contribution in [0.4, 0.5) is 0 Å². The molecule has 2 N–H and O–H groups in total. The SMILES string of the molecule is C[C@H](OC(=O)COc1ccc2ccccc2c1)C(N)=O. The number of fused-ring (bicyclic) bond motifs is 1. The van der Waals surface area contributed by atoms with Crippen LogP contribution in [0.15, 0.2) is 42.5 Å². The Balaban J connectivity index is 1.95. The molecule has 20 heavy (non-hydrogen) atoms. The summed E-state index contributed by atoms with van der Waals surface area (Å²) in [5.74, 6) is -0.763. The predicted molar refractivity (Wildman–Crippen MR) is 74.2 cm³/mol. The lowest BCUT2D eigenvalue weighted by Gasteiger charge is -2.10. The second-order valence-corrected chi connectivity index (χ2v) is 4.33. The zero-order valence-corrected chi connectivity index (χ0v) is 11.0. The fourth-order valence-corrected chi connectivity index (χ4v) is 1.69. The molecule has 0 aliphatic rings. The maximum absolute atomic E-state index is 11.4. The molecule has 0 bridgehead atoms. The van der Waals surface area contributed by atoms with E-state index in [1.54, 1.807) is 6.07 Å². The van der Waals surface area contributed by atoms with Gasteiger partial charge in [-0.1, -0.05) is 30.3 Å². The van der Waals surface area contributed by atoms with E-state index in [1.807, 2.05) is 36.4 Å². The van der Waals surface area contributed by atoms with Gasteiger partial charge in [-0.05, 0) is 29.8 Å². The molecular weight excluding hydrogens is 258 g/mol. The first-order chi connectivity index (χ1) is 9.56. The fraction of sp³-hybridized carbons (Fsp3) is 0.200. The number of hydrogen-bond acceptors (Lipinski definition) is 4. The van der Waals surface area contributed by atoms with E-state index in [4.69, 9.17) is 15.2 Å². The van der Waals surface area contributed by atoms with Crippen LogP contribution < -0.4 is 10.5 Å². The van der Waals surface area contributed by atoms with E-state index in [2.05, 4.69) is 0 Å². The Bertz CT molecular complexity index is 639. The number of benzene rings is 2. The summed E-state index contributed by atoms with van der Waals surface area (Å²) in [5, 5.41) is 2.11. The molecule has 0 aliphatic carbocycles. The third-order valence-corrected chi connectivity index (χ3v) is 2.79. The lowest BCUT2D eigenvalue weighted by atomic mass is 10.1. The van der Waals surface area contributed by atoms with E-state index in [0.717, 1.165) is 10.8 Å². The molecular formula is C15H15NO4. The lowest BCUT2D eigenvalue weighted by Crippen LogP contribution is -2.32. The van der Waals surface area contributed by atoms with Crippen LogP contribution in [0.3, 0.4) is 0 Å². The molecule has 2 aromatic rings. The van der Waals surface area contributed by atoms with Gasteiger partial charge in [0.2, 0.25) is 0 Å². The molecule has 2 aromatic carbocycles. The minimum absolute atomic E-state index is 0.268.